The fourth-order valence-corrected chi connectivity index (χ4v) is 5.47. The Labute approximate surface area is 198 Å². The van der Waals surface area contributed by atoms with Gasteiger partial charge in [0.25, 0.3) is 5.69 Å². The number of carbonyl (C=O) groups is 4. The Morgan fingerprint density at radius 1 is 0.794 bits per heavy atom. The van der Waals surface area contributed by atoms with E-state index < -0.39 is 62.3 Å². The van der Waals surface area contributed by atoms with Crippen LogP contribution >= 0.6 is 0 Å². The van der Waals surface area contributed by atoms with Crippen LogP contribution in [-0.2, 0) is 19.2 Å². The van der Waals surface area contributed by atoms with Crippen molar-refractivity contribution in [1.82, 2.24) is 0 Å². The normalized spacial score (nSPS) is 21.1. The van der Waals surface area contributed by atoms with E-state index in [1.165, 1.54) is 20.3 Å². The number of ether oxygens (including phenoxy) is 2. The summed E-state index contributed by atoms with van der Waals surface area (Å²) in [6, 6.07) is 2.47. The minimum absolute atomic E-state index is 0.0412. The molecule has 0 N–H and O–H groups in total. The molecule has 0 aromatic heterocycles. The number of carbonyl (C=O) groups excluding carboxylic acids is 4. The quantitative estimate of drug-likeness (QED) is 0.346. The van der Waals surface area contributed by atoms with E-state index in [1.54, 1.807) is 27.7 Å². The van der Waals surface area contributed by atoms with Gasteiger partial charge >= 0.3 is 0 Å². The third-order valence-corrected chi connectivity index (χ3v) is 6.81. The monoisotopic (exact) mass is 473 g/mol. The third kappa shape index (κ3) is 4.74. The topological polar surface area (TPSA) is 130 Å². The molecule has 2 aliphatic rings. The molecule has 3 rings (SSSR count). The Balaban J connectivity index is 2.28. The minimum Gasteiger partial charge on any atom is -0.493 e. The van der Waals surface area contributed by atoms with Crippen LogP contribution < -0.4 is 9.47 Å². The molecule has 0 heterocycles. The van der Waals surface area contributed by atoms with E-state index >= 15 is 0 Å². The Hall–Kier alpha value is -3.10. The van der Waals surface area contributed by atoms with Crippen LogP contribution in [0.3, 0.4) is 0 Å². The first-order chi connectivity index (χ1) is 15.7. The van der Waals surface area contributed by atoms with Gasteiger partial charge in [-0.1, -0.05) is 27.7 Å². The molecule has 0 saturated heterocycles. The summed E-state index contributed by atoms with van der Waals surface area (Å²) in [5.41, 5.74) is -1.61. The van der Waals surface area contributed by atoms with Crippen molar-refractivity contribution in [3.63, 3.8) is 0 Å². The highest BCUT2D eigenvalue weighted by atomic mass is 16.6. The smallest absolute Gasteiger partial charge is 0.276 e. The lowest BCUT2D eigenvalue weighted by molar-refractivity contribution is -0.385. The zero-order valence-electron chi connectivity index (χ0n) is 20.4. The van der Waals surface area contributed by atoms with E-state index in [2.05, 4.69) is 0 Å². The summed E-state index contributed by atoms with van der Waals surface area (Å²) in [6.07, 6.45) is 0.284. The maximum Gasteiger partial charge on any atom is 0.276 e. The van der Waals surface area contributed by atoms with Crippen LogP contribution in [0.2, 0.25) is 0 Å². The first-order valence-electron chi connectivity index (χ1n) is 11.2. The van der Waals surface area contributed by atoms with Gasteiger partial charge in [-0.3, -0.25) is 29.3 Å². The average Bonchev–Trinajstić information content (AvgIpc) is 2.68. The van der Waals surface area contributed by atoms with E-state index in [4.69, 9.17) is 9.47 Å². The van der Waals surface area contributed by atoms with Crippen LogP contribution in [0.1, 0.15) is 64.9 Å². The highest BCUT2D eigenvalue weighted by molar-refractivity contribution is 6.11. The number of hydrogen-bond donors (Lipinski definition) is 0. The predicted molar refractivity (Wildman–Crippen MR) is 122 cm³/mol. The molecule has 0 spiro atoms. The lowest BCUT2D eigenvalue weighted by atomic mass is 9.59. The molecule has 184 valence electrons. The van der Waals surface area contributed by atoms with Gasteiger partial charge in [0.1, 0.15) is 23.1 Å². The zero-order chi connectivity index (χ0) is 25.6. The first-order valence-corrected chi connectivity index (χ1v) is 11.2. The second kappa shape index (κ2) is 8.92. The number of benzene rings is 1. The number of Topliss-reactive ketones (excluding diaryl/α,β-unsaturated/α-hetero) is 4. The zero-order valence-corrected chi connectivity index (χ0v) is 20.4. The van der Waals surface area contributed by atoms with Crippen molar-refractivity contribution >= 4 is 28.8 Å². The number of nitro groups is 1. The van der Waals surface area contributed by atoms with Gasteiger partial charge in [0.2, 0.25) is 0 Å². The van der Waals surface area contributed by atoms with Crippen molar-refractivity contribution in [1.29, 1.82) is 0 Å². The molecular weight excluding hydrogens is 442 g/mol. The van der Waals surface area contributed by atoms with Gasteiger partial charge in [0.05, 0.1) is 37.0 Å². The summed E-state index contributed by atoms with van der Waals surface area (Å²) in [6.45, 7) is 7.19. The summed E-state index contributed by atoms with van der Waals surface area (Å²) >= 11 is 0. The van der Waals surface area contributed by atoms with E-state index in [0.29, 0.717) is 0 Å². The van der Waals surface area contributed by atoms with Gasteiger partial charge < -0.3 is 9.47 Å². The fraction of sp³-hybridized carbons (Fsp3) is 0.600. The summed E-state index contributed by atoms with van der Waals surface area (Å²) < 4.78 is 10.5. The molecule has 0 bridgehead atoms. The predicted octanol–water partition coefficient (Wildman–Crippen LogP) is 3.84. The lowest BCUT2D eigenvalue weighted by Crippen LogP contribution is -2.48. The van der Waals surface area contributed by atoms with E-state index in [0.717, 1.165) is 6.07 Å². The van der Waals surface area contributed by atoms with Crippen LogP contribution in [-0.4, -0.2) is 42.3 Å². The highest BCUT2D eigenvalue weighted by Crippen LogP contribution is 2.50. The molecule has 0 unspecified atom stereocenters. The number of nitro benzene ring substituents is 1. The molecule has 2 aliphatic carbocycles. The molecule has 9 nitrogen and oxygen atoms in total. The minimum atomic E-state index is -1.33. The first kappa shape index (κ1) is 25.5. The molecule has 0 amide bonds. The second-order valence-electron chi connectivity index (χ2n) is 10.9. The summed E-state index contributed by atoms with van der Waals surface area (Å²) in [7, 11) is 2.67. The Bertz CT molecular complexity index is 983. The SMILES string of the molecule is COc1cc(C(C2C(=O)CC(C)(C)CC2=O)C2C(=O)CC(C)(C)CC2=O)c([N+](=O)[O-])cc1OC. The average molecular weight is 474 g/mol. The van der Waals surface area contributed by atoms with Crippen molar-refractivity contribution in [2.24, 2.45) is 22.7 Å². The van der Waals surface area contributed by atoms with Gasteiger partial charge in [-0.15, -0.1) is 0 Å². The fourth-order valence-electron chi connectivity index (χ4n) is 5.47. The Morgan fingerprint density at radius 2 is 1.15 bits per heavy atom. The molecule has 2 fully saturated rings. The van der Waals surface area contributed by atoms with Gasteiger partial charge in [0.15, 0.2) is 11.5 Å². The molecule has 34 heavy (non-hydrogen) atoms. The van der Waals surface area contributed by atoms with E-state index in [1.807, 2.05) is 0 Å². The van der Waals surface area contributed by atoms with Gasteiger partial charge in [-0.2, -0.15) is 0 Å². The highest BCUT2D eigenvalue weighted by Gasteiger charge is 2.53. The second-order valence-corrected chi connectivity index (χ2v) is 10.9. The Morgan fingerprint density at radius 3 is 1.47 bits per heavy atom. The molecule has 0 atom stereocenters. The number of nitrogens with zero attached hydrogens (tertiary/aromatic N) is 1. The van der Waals surface area contributed by atoms with Crippen molar-refractivity contribution < 1.29 is 33.6 Å². The summed E-state index contributed by atoms with van der Waals surface area (Å²) in [5.74, 6) is -5.38. The molecule has 1 aromatic carbocycles. The molecule has 9 heteroatoms. The Kier molecular flexibility index (Phi) is 6.70. The van der Waals surface area contributed by atoms with Crippen molar-refractivity contribution in [2.75, 3.05) is 14.2 Å². The maximum atomic E-state index is 13.3. The van der Waals surface area contributed by atoms with Crippen molar-refractivity contribution in [2.45, 2.75) is 59.3 Å². The largest absolute Gasteiger partial charge is 0.493 e. The number of methoxy groups -OCH3 is 2. The molecule has 2 saturated carbocycles. The van der Waals surface area contributed by atoms with Gasteiger partial charge in [-0.05, 0) is 16.9 Å². The van der Waals surface area contributed by atoms with Crippen LogP contribution in [0.5, 0.6) is 11.5 Å². The molecule has 0 radical (unpaired) electrons. The van der Waals surface area contributed by atoms with E-state index in [9.17, 15) is 29.3 Å². The molecule has 1 aromatic rings. The maximum absolute atomic E-state index is 13.3. The number of ketones is 4. The van der Waals surface area contributed by atoms with Crippen molar-refractivity contribution in [3.8, 4) is 11.5 Å². The summed E-state index contributed by atoms with van der Waals surface area (Å²) in [5, 5.41) is 12.1. The van der Waals surface area contributed by atoms with Crippen LogP contribution in [0.25, 0.3) is 0 Å². The molecular formula is C25H31NO8. The van der Waals surface area contributed by atoms with Gasteiger partial charge in [-0.25, -0.2) is 0 Å². The third-order valence-electron chi connectivity index (χ3n) is 6.81. The van der Waals surface area contributed by atoms with Crippen LogP contribution in [0, 0.1) is 32.8 Å². The number of hydrogen-bond acceptors (Lipinski definition) is 8. The number of rotatable bonds is 6. The van der Waals surface area contributed by atoms with Crippen molar-refractivity contribution in [3.05, 3.63) is 27.8 Å². The van der Waals surface area contributed by atoms with Crippen LogP contribution in [0.4, 0.5) is 5.69 Å². The summed E-state index contributed by atoms with van der Waals surface area (Å²) in [4.78, 5) is 64.6. The van der Waals surface area contributed by atoms with Gasteiger partial charge in [0, 0.05) is 37.2 Å². The lowest BCUT2D eigenvalue weighted by Gasteiger charge is -2.41. The van der Waals surface area contributed by atoms with E-state index in [-0.39, 0.29) is 42.7 Å². The standard InChI is InChI=1S/C25H31NO8/c1-24(2)9-15(27)22(16(28)10-24)21(23-17(29)11-25(3,4)12-18(23)30)13-7-19(33-5)20(34-6)8-14(13)26(31)32/h7-8,21-23H,9-12H2,1-6H3. The van der Waals surface area contributed by atoms with Crippen LogP contribution in [0.15, 0.2) is 12.1 Å². The molecule has 0 aliphatic heterocycles.